The van der Waals surface area contributed by atoms with Gasteiger partial charge in [0.05, 0.1) is 25.1 Å². The van der Waals surface area contributed by atoms with E-state index < -0.39 is 0 Å². The van der Waals surface area contributed by atoms with Crippen LogP contribution in [-0.4, -0.2) is 31.4 Å². The Morgan fingerprint density at radius 1 is 0.793 bits per heavy atom. The third-order valence-corrected chi connectivity index (χ3v) is 5.10. The number of rotatable bonds is 15. The van der Waals surface area contributed by atoms with Crippen LogP contribution in [0.25, 0.3) is 11.3 Å². The molecule has 2 rings (SSSR count). The van der Waals surface area contributed by atoms with Crippen LogP contribution in [0.3, 0.4) is 0 Å². The summed E-state index contributed by atoms with van der Waals surface area (Å²) < 4.78 is 17.1. The Kier molecular flexibility index (Phi) is 11.2. The maximum Gasteiger partial charge on any atom is 0.137 e. The minimum atomic E-state index is 0.553. The molecule has 160 valence electrons. The van der Waals surface area contributed by atoms with Gasteiger partial charge in [-0.15, -0.1) is 0 Å². The number of pyridine rings is 1. The van der Waals surface area contributed by atoms with Crippen molar-refractivity contribution in [1.29, 1.82) is 0 Å². The van der Waals surface area contributed by atoms with E-state index in [2.05, 4.69) is 25.8 Å². The summed E-state index contributed by atoms with van der Waals surface area (Å²) in [6.45, 7) is 9.44. The van der Waals surface area contributed by atoms with Gasteiger partial charge < -0.3 is 14.2 Å². The zero-order valence-electron chi connectivity index (χ0n) is 18.4. The average Bonchev–Trinajstić information content (AvgIpc) is 2.76. The second kappa shape index (κ2) is 14.0. The van der Waals surface area contributed by atoms with Crippen LogP contribution < -0.4 is 9.47 Å². The van der Waals surface area contributed by atoms with Gasteiger partial charge in [-0.3, -0.25) is 4.98 Å². The highest BCUT2D eigenvalue weighted by Gasteiger charge is 2.03. The average molecular weight is 400 g/mol. The Balaban J connectivity index is 1.69. The molecule has 0 aliphatic heterocycles. The van der Waals surface area contributed by atoms with E-state index in [1.807, 2.05) is 36.4 Å². The maximum atomic E-state index is 5.83. The van der Waals surface area contributed by atoms with Gasteiger partial charge in [0.2, 0.25) is 0 Å². The van der Waals surface area contributed by atoms with Crippen molar-refractivity contribution >= 4 is 0 Å². The molecule has 0 fully saturated rings. The lowest BCUT2D eigenvalue weighted by atomic mass is 10.1. The third-order valence-electron chi connectivity index (χ3n) is 5.10. The van der Waals surface area contributed by atoms with Crippen LogP contribution in [-0.2, 0) is 4.74 Å². The Morgan fingerprint density at radius 2 is 1.55 bits per heavy atom. The zero-order chi connectivity index (χ0) is 20.7. The Labute approximate surface area is 176 Å². The maximum absolute atomic E-state index is 5.83. The van der Waals surface area contributed by atoms with E-state index in [9.17, 15) is 0 Å². The van der Waals surface area contributed by atoms with Crippen molar-refractivity contribution in [3.8, 4) is 22.8 Å². The quantitative estimate of drug-likeness (QED) is 0.319. The Hall–Kier alpha value is -2.07. The molecule has 0 bridgehead atoms. The lowest BCUT2D eigenvalue weighted by molar-refractivity contribution is 0.0970. The first-order chi connectivity index (χ1) is 14.2. The first-order valence-corrected chi connectivity index (χ1v) is 11.1. The predicted octanol–water partition coefficient (Wildman–Crippen LogP) is 6.54. The van der Waals surface area contributed by atoms with Crippen molar-refractivity contribution in [3.05, 3.63) is 42.6 Å². The van der Waals surface area contributed by atoms with Gasteiger partial charge in [-0.05, 0) is 55.2 Å². The van der Waals surface area contributed by atoms with Crippen molar-refractivity contribution in [2.24, 2.45) is 5.92 Å². The molecule has 0 saturated carbocycles. The number of unbranched alkanes of at least 4 members (excludes halogenated alkanes) is 3. The number of benzene rings is 1. The van der Waals surface area contributed by atoms with Gasteiger partial charge in [-0.1, -0.05) is 46.5 Å². The lowest BCUT2D eigenvalue weighted by Gasteiger charge is -2.11. The summed E-state index contributed by atoms with van der Waals surface area (Å²) in [4.78, 5) is 4.52. The fourth-order valence-corrected chi connectivity index (χ4v) is 2.89. The molecule has 1 unspecified atom stereocenters. The summed E-state index contributed by atoms with van der Waals surface area (Å²) in [5.74, 6) is 2.39. The molecular formula is C25H37NO3. The van der Waals surface area contributed by atoms with Crippen molar-refractivity contribution in [2.45, 2.75) is 59.3 Å². The van der Waals surface area contributed by atoms with E-state index in [1.165, 1.54) is 25.7 Å². The highest BCUT2D eigenvalue weighted by atomic mass is 16.5. The van der Waals surface area contributed by atoms with E-state index >= 15 is 0 Å². The van der Waals surface area contributed by atoms with Gasteiger partial charge in [0.25, 0.3) is 0 Å². The fourth-order valence-electron chi connectivity index (χ4n) is 2.89. The van der Waals surface area contributed by atoms with Crippen LogP contribution in [0.1, 0.15) is 59.3 Å². The number of hydrogen-bond donors (Lipinski definition) is 0. The second-order valence-electron chi connectivity index (χ2n) is 7.58. The summed E-state index contributed by atoms with van der Waals surface area (Å²) in [6.07, 6.45) is 8.96. The van der Waals surface area contributed by atoms with Gasteiger partial charge >= 0.3 is 0 Å². The van der Waals surface area contributed by atoms with E-state index in [4.69, 9.17) is 14.2 Å². The molecule has 0 saturated heterocycles. The molecule has 29 heavy (non-hydrogen) atoms. The standard InChI is InChI=1S/C25H37NO3/c1-4-6-7-8-16-27-18-19-29-24-13-14-25(26-20-24)22-9-11-23(12-10-22)28-17-15-21(3)5-2/h9-14,20-21H,4-8,15-19H2,1-3H3. The fraction of sp³-hybridized carbons (Fsp3) is 0.560. The zero-order valence-corrected chi connectivity index (χ0v) is 18.4. The van der Waals surface area contributed by atoms with E-state index in [-0.39, 0.29) is 0 Å². The number of ether oxygens (including phenoxy) is 3. The molecule has 0 amide bonds. The predicted molar refractivity (Wildman–Crippen MR) is 120 cm³/mol. The monoisotopic (exact) mass is 399 g/mol. The molecule has 4 heteroatoms. The molecule has 4 nitrogen and oxygen atoms in total. The van der Waals surface area contributed by atoms with E-state index in [0.717, 1.165) is 48.8 Å². The summed E-state index contributed by atoms with van der Waals surface area (Å²) in [6, 6.07) is 12.1. The first-order valence-electron chi connectivity index (χ1n) is 11.1. The minimum absolute atomic E-state index is 0.553. The number of nitrogens with zero attached hydrogens (tertiary/aromatic N) is 1. The molecule has 0 spiro atoms. The van der Waals surface area contributed by atoms with Crippen LogP contribution in [0, 0.1) is 5.92 Å². The summed E-state index contributed by atoms with van der Waals surface area (Å²) in [7, 11) is 0. The van der Waals surface area contributed by atoms with Crippen LogP contribution >= 0.6 is 0 Å². The Morgan fingerprint density at radius 3 is 2.24 bits per heavy atom. The van der Waals surface area contributed by atoms with Crippen LogP contribution in [0.4, 0.5) is 0 Å². The SMILES string of the molecule is CCCCCCOCCOc1ccc(-c2ccc(OCCC(C)CC)cc2)nc1. The summed E-state index contributed by atoms with van der Waals surface area (Å²) in [5.41, 5.74) is 2.00. The smallest absolute Gasteiger partial charge is 0.137 e. The molecule has 0 N–H and O–H groups in total. The molecule has 0 radical (unpaired) electrons. The minimum Gasteiger partial charge on any atom is -0.494 e. The molecule has 1 aromatic carbocycles. The molecule has 1 aromatic heterocycles. The van der Waals surface area contributed by atoms with Crippen molar-refractivity contribution in [1.82, 2.24) is 4.98 Å². The first kappa shape index (κ1) is 23.2. The molecule has 0 aliphatic rings. The van der Waals surface area contributed by atoms with Crippen LogP contribution in [0.2, 0.25) is 0 Å². The molecule has 1 heterocycles. The van der Waals surface area contributed by atoms with Gasteiger partial charge in [-0.25, -0.2) is 0 Å². The highest BCUT2D eigenvalue weighted by molar-refractivity contribution is 5.60. The number of aromatic nitrogens is 1. The normalized spacial score (nSPS) is 12.0. The topological polar surface area (TPSA) is 40.6 Å². The van der Waals surface area contributed by atoms with Gasteiger partial charge in [-0.2, -0.15) is 0 Å². The van der Waals surface area contributed by atoms with Gasteiger partial charge in [0, 0.05) is 12.2 Å². The molecule has 2 aromatic rings. The van der Waals surface area contributed by atoms with Crippen LogP contribution in [0.15, 0.2) is 42.6 Å². The molecule has 0 aliphatic carbocycles. The second-order valence-corrected chi connectivity index (χ2v) is 7.58. The van der Waals surface area contributed by atoms with Crippen molar-refractivity contribution in [3.63, 3.8) is 0 Å². The van der Waals surface area contributed by atoms with E-state index in [0.29, 0.717) is 19.1 Å². The summed E-state index contributed by atoms with van der Waals surface area (Å²) in [5, 5.41) is 0. The number of hydrogen-bond acceptors (Lipinski definition) is 4. The van der Waals surface area contributed by atoms with Crippen molar-refractivity contribution in [2.75, 3.05) is 26.4 Å². The summed E-state index contributed by atoms with van der Waals surface area (Å²) >= 11 is 0. The largest absolute Gasteiger partial charge is 0.494 e. The highest BCUT2D eigenvalue weighted by Crippen LogP contribution is 2.22. The third kappa shape index (κ3) is 9.31. The van der Waals surface area contributed by atoms with Crippen molar-refractivity contribution < 1.29 is 14.2 Å². The molecular weight excluding hydrogens is 362 g/mol. The van der Waals surface area contributed by atoms with E-state index in [1.54, 1.807) is 6.20 Å². The Bertz CT molecular complexity index is 655. The lowest BCUT2D eigenvalue weighted by Crippen LogP contribution is -2.07. The van der Waals surface area contributed by atoms with Gasteiger partial charge in [0.1, 0.15) is 18.1 Å². The van der Waals surface area contributed by atoms with Crippen LogP contribution in [0.5, 0.6) is 11.5 Å². The van der Waals surface area contributed by atoms with Gasteiger partial charge in [0.15, 0.2) is 0 Å². The molecule has 1 atom stereocenters.